The second-order valence-electron chi connectivity index (χ2n) is 2.38. The molecule has 0 spiro atoms. The van der Waals surface area contributed by atoms with Gasteiger partial charge in [0.1, 0.15) is 0 Å². The van der Waals surface area contributed by atoms with E-state index in [1.165, 1.54) is 0 Å². The van der Waals surface area contributed by atoms with Crippen molar-refractivity contribution in [3.63, 3.8) is 0 Å². The van der Waals surface area contributed by atoms with E-state index in [0.717, 1.165) is 11.1 Å². The number of hydrogen-bond donors (Lipinski definition) is 0. The first-order valence-electron chi connectivity index (χ1n) is 3.95. The van der Waals surface area contributed by atoms with Crippen LogP contribution in [0.4, 0.5) is 0 Å². The minimum absolute atomic E-state index is 0.111. The Morgan fingerprint density at radius 1 is 1.00 bits per heavy atom. The number of rotatable bonds is 2. The van der Waals surface area contributed by atoms with Gasteiger partial charge in [0.2, 0.25) is 0 Å². The molecule has 0 saturated heterocycles. The van der Waals surface area contributed by atoms with E-state index in [1.807, 2.05) is 36.4 Å². The van der Waals surface area contributed by atoms with Crippen molar-refractivity contribution in [2.75, 3.05) is 0 Å². The molecular weight excluding hydrogens is 215 g/mol. The number of halogens is 2. The molecule has 0 amide bonds. The van der Waals surface area contributed by atoms with Gasteiger partial charge in [-0.25, -0.2) is 0 Å². The minimum atomic E-state index is 0.111. The molecule has 0 aliphatic carbocycles. The summed E-state index contributed by atoms with van der Waals surface area (Å²) < 4.78 is 0.111. The van der Waals surface area contributed by atoms with Crippen LogP contribution in [0.15, 0.2) is 48.5 Å². The third-order valence-corrected chi connectivity index (χ3v) is 1.44. The zero-order valence-electron chi connectivity index (χ0n) is 7.84. The van der Waals surface area contributed by atoms with Crippen LogP contribution in [-0.4, -0.2) is 0 Å². The molecule has 74 valence electrons. The van der Waals surface area contributed by atoms with Crippen molar-refractivity contribution in [1.82, 2.24) is 0 Å². The molecule has 2 heteroatoms. The molecule has 0 radical (unpaired) electrons. The molecule has 0 aromatic heterocycles. The van der Waals surface area contributed by atoms with Crippen molar-refractivity contribution in [2.24, 2.45) is 0 Å². The van der Waals surface area contributed by atoms with E-state index in [0.29, 0.717) is 0 Å². The monoisotopic (exact) mass is 226 g/mol. The van der Waals surface area contributed by atoms with Gasteiger partial charge in [-0.05, 0) is 11.1 Å². The molecule has 1 aromatic rings. The average Bonchev–Trinajstić information content (AvgIpc) is 2.17. The van der Waals surface area contributed by atoms with Crippen molar-refractivity contribution >= 4 is 35.4 Å². The molecule has 1 rings (SSSR count). The molecule has 0 aliphatic rings. The Hall–Kier alpha value is -0.980. The average molecular weight is 227 g/mol. The predicted molar refractivity (Wildman–Crippen MR) is 67.5 cm³/mol. The normalized spacial score (nSPS) is 8.14. The van der Waals surface area contributed by atoms with Crippen molar-refractivity contribution in [3.05, 3.63) is 59.6 Å². The SMILES string of the molecule is C=C(Cl)Cl.C=Cc1ccccc1C=C. The van der Waals surface area contributed by atoms with Gasteiger partial charge in [0.05, 0.1) is 4.49 Å². The lowest BCUT2D eigenvalue weighted by molar-refractivity contribution is 1.62. The zero-order valence-corrected chi connectivity index (χ0v) is 9.35. The predicted octanol–water partition coefficient (Wildman–Crippen LogP) is 4.91. The van der Waals surface area contributed by atoms with Crippen molar-refractivity contribution in [3.8, 4) is 0 Å². The molecule has 0 atom stereocenters. The van der Waals surface area contributed by atoms with Gasteiger partial charge < -0.3 is 0 Å². The lowest BCUT2D eigenvalue weighted by atomic mass is 10.1. The molecule has 0 aliphatic heterocycles. The van der Waals surface area contributed by atoms with Gasteiger partial charge in [-0.3, -0.25) is 0 Å². The Bertz CT molecular complexity index is 296. The first-order valence-corrected chi connectivity index (χ1v) is 4.71. The summed E-state index contributed by atoms with van der Waals surface area (Å²) in [6.07, 6.45) is 3.66. The van der Waals surface area contributed by atoms with Crippen LogP contribution in [0.1, 0.15) is 11.1 Å². The summed E-state index contributed by atoms with van der Waals surface area (Å²) in [5, 5.41) is 0. The fourth-order valence-electron chi connectivity index (χ4n) is 0.883. The Labute approximate surface area is 95.2 Å². The Balaban J connectivity index is 0.000000364. The summed E-state index contributed by atoms with van der Waals surface area (Å²) in [6.45, 7) is 10.5. The van der Waals surface area contributed by atoms with Gasteiger partial charge in [-0.1, -0.05) is 79.4 Å². The highest BCUT2D eigenvalue weighted by atomic mass is 35.5. The maximum Gasteiger partial charge on any atom is 0.0992 e. The molecule has 0 saturated carbocycles. The summed E-state index contributed by atoms with van der Waals surface area (Å²) >= 11 is 9.69. The number of hydrogen-bond acceptors (Lipinski definition) is 0. The van der Waals surface area contributed by atoms with E-state index < -0.39 is 0 Å². The third kappa shape index (κ3) is 5.63. The fourth-order valence-corrected chi connectivity index (χ4v) is 0.883. The molecule has 0 nitrogen and oxygen atoms in total. The minimum Gasteiger partial charge on any atom is -0.0984 e. The summed E-state index contributed by atoms with van der Waals surface area (Å²) in [4.78, 5) is 0. The van der Waals surface area contributed by atoms with Crippen LogP contribution < -0.4 is 0 Å². The quantitative estimate of drug-likeness (QED) is 0.673. The van der Waals surface area contributed by atoms with Gasteiger partial charge in [0.25, 0.3) is 0 Å². The highest BCUT2D eigenvalue weighted by molar-refractivity contribution is 6.55. The molecule has 0 fully saturated rings. The molecule has 0 N–H and O–H groups in total. The lowest BCUT2D eigenvalue weighted by Crippen LogP contribution is -1.76. The highest BCUT2D eigenvalue weighted by Crippen LogP contribution is 2.10. The fraction of sp³-hybridized carbons (Fsp3) is 0. The van der Waals surface area contributed by atoms with Crippen LogP contribution in [0.3, 0.4) is 0 Å². The van der Waals surface area contributed by atoms with Crippen LogP contribution in [0.2, 0.25) is 0 Å². The maximum atomic E-state index is 4.85. The molecule has 0 heterocycles. The Kier molecular flexibility index (Phi) is 6.91. The largest absolute Gasteiger partial charge is 0.0992 e. The van der Waals surface area contributed by atoms with Gasteiger partial charge in [0.15, 0.2) is 0 Å². The van der Waals surface area contributed by atoms with Crippen LogP contribution in [0.5, 0.6) is 0 Å². The summed E-state index contributed by atoms with van der Waals surface area (Å²) in [6, 6.07) is 8.02. The molecule has 1 aromatic carbocycles. The van der Waals surface area contributed by atoms with Crippen LogP contribution in [0.25, 0.3) is 12.2 Å². The molecular formula is C12H12Cl2. The van der Waals surface area contributed by atoms with E-state index in [1.54, 1.807) is 0 Å². The Morgan fingerprint density at radius 3 is 1.50 bits per heavy atom. The smallest absolute Gasteiger partial charge is 0.0984 e. The van der Waals surface area contributed by atoms with Crippen molar-refractivity contribution in [1.29, 1.82) is 0 Å². The zero-order chi connectivity index (χ0) is 11.0. The van der Waals surface area contributed by atoms with E-state index in [-0.39, 0.29) is 4.49 Å². The first-order chi connectivity index (χ1) is 6.61. The molecule has 14 heavy (non-hydrogen) atoms. The van der Waals surface area contributed by atoms with Gasteiger partial charge >= 0.3 is 0 Å². The van der Waals surface area contributed by atoms with E-state index >= 15 is 0 Å². The van der Waals surface area contributed by atoms with Gasteiger partial charge in [-0.2, -0.15) is 0 Å². The maximum absolute atomic E-state index is 4.85. The second kappa shape index (κ2) is 7.43. The first kappa shape index (κ1) is 13.0. The summed E-state index contributed by atoms with van der Waals surface area (Å²) in [5.41, 5.74) is 2.27. The standard InChI is InChI=1S/C10H10.C2H2Cl2/c1-3-9-7-5-6-8-10(9)4-2;1-2(3)4/h3-8H,1-2H2;1H2. The highest BCUT2D eigenvalue weighted by Gasteiger charge is 1.89. The van der Waals surface area contributed by atoms with Crippen LogP contribution in [0, 0.1) is 0 Å². The molecule has 0 bridgehead atoms. The lowest BCUT2D eigenvalue weighted by Gasteiger charge is -1.96. The van der Waals surface area contributed by atoms with Crippen LogP contribution >= 0.6 is 23.2 Å². The van der Waals surface area contributed by atoms with Gasteiger partial charge in [-0.15, -0.1) is 0 Å². The van der Waals surface area contributed by atoms with Crippen molar-refractivity contribution < 1.29 is 0 Å². The topological polar surface area (TPSA) is 0 Å². The van der Waals surface area contributed by atoms with Crippen molar-refractivity contribution in [2.45, 2.75) is 0 Å². The summed E-state index contributed by atoms with van der Waals surface area (Å²) in [7, 11) is 0. The van der Waals surface area contributed by atoms with Crippen LogP contribution in [-0.2, 0) is 0 Å². The van der Waals surface area contributed by atoms with E-state index in [2.05, 4.69) is 19.7 Å². The van der Waals surface area contributed by atoms with Gasteiger partial charge in [0, 0.05) is 0 Å². The van der Waals surface area contributed by atoms with E-state index in [4.69, 9.17) is 23.2 Å². The third-order valence-electron chi connectivity index (χ3n) is 1.44. The Morgan fingerprint density at radius 2 is 1.29 bits per heavy atom. The number of benzene rings is 1. The molecule has 0 unspecified atom stereocenters. The van der Waals surface area contributed by atoms with E-state index in [9.17, 15) is 0 Å². The second-order valence-corrected chi connectivity index (χ2v) is 3.48. The summed E-state index contributed by atoms with van der Waals surface area (Å²) in [5.74, 6) is 0.